The maximum atomic E-state index is 13.1. The van der Waals surface area contributed by atoms with Crippen molar-refractivity contribution in [2.75, 3.05) is 4.90 Å². The van der Waals surface area contributed by atoms with Gasteiger partial charge in [-0.05, 0) is 72.5 Å². The smallest absolute Gasteiger partial charge is 0.270 e. The molecule has 3 aromatic rings. The predicted molar refractivity (Wildman–Crippen MR) is 134 cm³/mol. The summed E-state index contributed by atoms with van der Waals surface area (Å²) in [5.41, 5.74) is 4.86. The summed E-state index contributed by atoms with van der Waals surface area (Å²) in [6, 6.07) is 21.3. The number of amides is 1. The summed E-state index contributed by atoms with van der Waals surface area (Å²) < 4.78 is 6.45. The maximum Gasteiger partial charge on any atom is 0.270 e. The molecule has 1 aliphatic rings. The topological polar surface area (TPSA) is 29.5 Å². The van der Waals surface area contributed by atoms with Crippen molar-refractivity contribution in [3.8, 4) is 5.75 Å². The molecule has 3 aromatic carbocycles. The van der Waals surface area contributed by atoms with Crippen molar-refractivity contribution in [3.05, 3.63) is 98.9 Å². The molecule has 0 aliphatic carbocycles. The molecule has 3 nitrogen and oxygen atoms in total. The molecule has 6 heteroatoms. The van der Waals surface area contributed by atoms with Gasteiger partial charge in [0.15, 0.2) is 4.32 Å². The number of hydrogen-bond donors (Lipinski definition) is 0. The molecule has 0 saturated carbocycles. The Morgan fingerprint density at radius 2 is 1.84 bits per heavy atom. The van der Waals surface area contributed by atoms with E-state index in [1.807, 2.05) is 86.7 Å². The highest BCUT2D eigenvalue weighted by Gasteiger charge is 2.34. The molecular formula is C25H20ClNO2S2. The molecule has 1 aliphatic heterocycles. The standard InChI is InChI=1S/C25H20ClNO2S2/c1-16-6-7-17(2)22(12-16)27-24(28)23(31-25(27)30)14-19-4-3-5-21(13-19)29-15-18-8-10-20(26)11-9-18/h3-14H,15H2,1-2H3/b23-14-. The number of nitrogens with zero attached hydrogens (tertiary/aromatic N) is 1. The number of rotatable bonds is 5. The molecule has 1 amide bonds. The third-order valence-electron chi connectivity index (χ3n) is 4.87. The summed E-state index contributed by atoms with van der Waals surface area (Å²) >= 11 is 12.8. The normalized spacial score (nSPS) is 15.1. The molecule has 4 rings (SSSR count). The van der Waals surface area contributed by atoms with Crippen molar-refractivity contribution in [3.63, 3.8) is 0 Å². The lowest BCUT2D eigenvalue weighted by Crippen LogP contribution is -2.28. The SMILES string of the molecule is Cc1ccc(C)c(N2C(=O)/C(=C/c3cccc(OCc4ccc(Cl)cc4)c3)SC2=S)c1. The van der Waals surface area contributed by atoms with E-state index in [1.54, 1.807) is 4.90 Å². The Bertz CT molecular complexity index is 1190. The second-order valence-corrected chi connectivity index (χ2v) is 9.41. The first-order valence-electron chi connectivity index (χ1n) is 9.73. The number of thiocarbonyl (C=S) groups is 1. The Labute approximate surface area is 196 Å². The van der Waals surface area contributed by atoms with Gasteiger partial charge in [-0.3, -0.25) is 9.69 Å². The number of aryl methyl sites for hydroxylation is 2. The number of carbonyl (C=O) groups excluding carboxylic acids is 1. The molecule has 1 heterocycles. The zero-order valence-electron chi connectivity index (χ0n) is 17.1. The third kappa shape index (κ3) is 5.01. The summed E-state index contributed by atoms with van der Waals surface area (Å²) in [6.07, 6.45) is 1.86. The van der Waals surface area contributed by atoms with Gasteiger partial charge >= 0.3 is 0 Å². The largest absolute Gasteiger partial charge is 0.489 e. The fourth-order valence-corrected chi connectivity index (χ4v) is 4.64. The molecule has 0 spiro atoms. The van der Waals surface area contributed by atoms with Crippen LogP contribution in [0.2, 0.25) is 5.02 Å². The first kappa shape index (κ1) is 21.6. The van der Waals surface area contributed by atoms with Crippen LogP contribution in [0.1, 0.15) is 22.3 Å². The summed E-state index contributed by atoms with van der Waals surface area (Å²) in [7, 11) is 0. The molecule has 0 unspecified atom stereocenters. The Morgan fingerprint density at radius 1 is 1.06 bits per heavy atom. The maximum absolute atomic E-state index is 13.1. The van der Waals surface area contributed by atoms with Crippen LogP contribution in [0.4, 0.5) is 5.69 Å². The van der Waals surface area contributed by atoms with Crippen LogP contribution in [0.3, 0.4) is 0 Å². The van der Waals surface area contributed by atoms with E-state index in [0.717, 1.165) is 33.7 Å². The van der Waals surface area contributed by atoms with Crippen molar-refractivity contribution in [1.29, 1.82) is 0 Å². The van der Waals surface area contributed by atoms with Gasteiger partial charge in [0.2, 0.25) is 0 Å². The van der Waals surface area contributed by atoms with Crippen molar-refractivity contribution in [1.82, 2.24) is 0 Å². The molecular weight excluding hydrogens is 446 g/mol. The lowest BCUT2D eigenvalue weighted by atomic mass is 10.1. The van der Waals surface area contributed by atoms with Crippen LogP contribution >= 0.6 is 35.6 Å². The zero-order valence-corrected chi connectivity index (χ0v) is 19.5. The van der Waals surface area contributed by atoms with Gasteiger partial charge in [0.25, 0.3) is 5.91 Å². The highest BCUT2D eigenvalue weighted by Crippen LogP contribution is 2.37. The molecule has 31 heavy (non-hydrogen) atoms. The number of benzene rings is 3. The van der Waals surface area contributed by atoms with Crippen molar-refractivity contribution in [2.45, 2.75) is 20.5 Å². The van der Waals surface area contributed by atoms with Gasteiger partial charge in [-0.1, -0.05) is 72.0 Å². The summed E-state index contributed by atoms with van der Waals surface area (Å²) in [6.45, 7) is 4.43. The van der Waals surface area contributed by atoms with E-state index in [0.29, 0.717) is 20.9 Å². The summed E-state index contributed by atoms with van der Waals surface area (Å²) in [4.78, 5) is 15.3. The molecule has 0 bridgehead atoms. The first-order valence-corrected chi connectivity index (χ1v) is 11.3. The molecule has 0 radical (unpaired) electrons. The van der Waals surface area contributed by atoms with E-state index in [4.69, 9.17) is 28.6 Å². The van der Waals surface area contributed by atoms with Gasteiger partial charge in [-0.25, -0.2) is 0 Å². The van der Waals surface area contributed by atoms with Gasteiger partial charge in [0, 0.05) is 5.02 Å². The second kappa shape index (κ2) is 9.27. The van der Waals surface area contributed by atoms with Gasteiger partial charge in [-0.15, -0.1) is 0 Å². The van der Waals surface area contributed by atoms with E-state index in [-0.39, 0.29) is 5.91 Å². The number of carbonyl (C=O) groups is 1. The Hall–Kier alpha value is -2.60. The van der Waals surface area contributed by atoms with Crippen LogP contribution in [0.25, 0.3) is 6.08 Å². The lowest BCUT2D eigenvalue weighted by Gasteiger charge is -2.17. The molecule has 156 valence electrons. The lowest BCUT2D eigenvalue weighted by molar-refractivity contribution is -0.113. The van der Waals surface area contributed by atoms with Gasteiger partial charge < -0.3 is 4.74 Å². The van der Waals surface area contributed by atoms with E-state index in [1.165, 1.54) is 11.8 Å². The van der Waals surface area contributed by atoms with Crippen LogP contribution < -0.4 is 9.64 Å². The molecule has 0 N–H and O–H groups in total. The molecule has 1 saturated heterocycles. The first-order chi connectivity index (χ1) is 14.9. The van der Waals surface area contributed by atoms with Crippen molar-refractivity contribution >= 4 is 57.6 Å². The minimum Gasteiger partial charge on any atom is -0.489 e. The highest BCUT2D eigenvalue weighted by molar-refractivity contribution is 8.27. The van der Waals surface area contributed by atoms with Crippen LogP contribution in [-0.2, 0) is 11.4 Å². The minimum absolute atomic E-state index is 0.101. The van der Waals surface area contributed by atoms with Crippen LogP contribution in [0.15, 0.2) is 71.6 Å². The number of halogens is 1. The van der Waals surface area contributed by atoms with Gasteiger partial charge in [-0.2, -0.15) is 0 Å². The monoisotopic (exact) mass is 465 g/mol. The predicted octanol–water partition coefficient (Wildman–Crippen LogP) is 6.94. The van der Waals surface area contributed by atoms with Crippen molar-refractivity contribution in [2.24, 2.45) is 0 Å². The van der Waals surface area contributed by atoms with Crippen LogP contribution in [0, 0.1) is 13.8 Å². The van der Waals surface area contributed by atoms with E-state index in [2.05, 4.69) is 0 Å². The zero-order chi connectivity index (χ0) is 22.0. The summed E-state index contributed by atoms with van der Waals surface area (Å²) in [5.74, 6) is 0.630. The number of ether oxygens (including phenoxy) is 1. The Kier molecular flexibility index (Phi) is 6.46. The third-order valence-corrected chi connectivity index (χ3v) is 6.43. The average molecular weight is 466 g/mol. The number of thioether (sulfide) groups is 1. The van der Waals surface area contributed by atoms with Gasteiger partial charge in [0.1, 0.15) is 12.4 Å². The van der Waals surface area contributed by atoms with E-state index in [9.17, 15) is 4.79 Å². The summed E-state index contributed by atoms with van der Waals surface area (Å²) in [5, 5.41) is 0.698. The van der Waals surface area contributed by atoms with Crippen molar-refractivity contribution < 1.29 is 9.53 Å². The molecule has 1 fully saturated rings. The molecule has 0 atom stereocenters. The Morgan fingerprint density at radius 3 is 2.61 bits per heavy atom. The number of anilines is 1. The average Bonchev–Trinajstić information content (AvgIpc) is 3.02. The fourth-order valence-electron chi connectivity index (χ4n) is 3.23. The Balaban J connectivity index is 1.53. The van der Waals surface area contributed by atoms with E-state index < -0.39 is 0 Å². The van der Waals surface area contributed by atoms with Gasteiger partial charge in [0.05, 0.1) is 10.6 Å². The minimum atomic E-state index is -0.101. The highest BCUT2D eigenvalue weighted by atomic mass is 35.5. The second-order valence-electron chi connectivity index (χ2n) is 7.29. The molecule has 0 aromatic heterocycles. The van der Waals surface area contributed by atoms with Crippen LogP contribution in [-0.4, -0.2) is 10.2 Å². The van der Waals surface area contributed by atoms with E-state index >= 15 is 0 Å². The quantitative estimate of drug-likeness (QED) is 0.301. The fraction of sp³-hybridized carbons (Fsp3) is 0.120. The van der Waals surface area contributed by atoms with Crippen LogP contribution in [0.5, 0.6) is 5.75 Å². The number of hydrogen-bond acceptors (Lipinski definition) is 4.